The molecule has 6 nitrogen and oxygen atoms in total. The van der Waals surface area contributed by atoms with Crippen LogP contribution in [0.4, 0.5) is 0 Å². The molecule has 3 aromatic rings. The summed E-state index contributed by atoms with van der Waals surface area (Å²) in [5, 5.41) is 4.14. The molecule has 0 saturated heterocycles. The van der Waals surface area contributed by atoms with Crippen LogP contribution in [0.25, 0.3) is 10.9 Å². The average Bonchev–Trinajstić information content (AvgIpc) is 3.18. The summed E-state index contributed by atoms with van der Waals surface area (Å²) < 4.78 is 5.73. The number of H-pyrrole nitrogens is 1. The van der Waals surface area contributed by atoms with Crippen molar-refractivity contribution in [2.45, 2.75) is 19.4 Å². The van der Waals surface area contributed by atoms with E-state index in [0.29, 0.717) is 17.7 Å². The summed E-state index contributed by atoms with van der Waals surface area (Å²) >= 11 is 0. The van der Waals surface area contributed by atoms with Crippen molar-refractivity contribution in [3.63, 3.8) is 0 Å². The Balaban J connectivity index is 1.77. The zero-order valence-corrected chi connectivity index (χ0v) is 16.4. The van der Waals surface area contributed by atoms with Gasteiger partial charge in [0.1, 0.15) is 5.75 Å². The molecule has 28 heavy (non-hydrogen) atoms. The van der Waals surface area contributed by atoms with Crippen molar-refractivity contribution in [1.82, 2.24) is 15.2 Å². The van der Waals surface area contributed by atoms with Crippen LogP contribution in [0, 0.1) is 0 Å². The molecule has 0 bridgehead atoms. The molecule has 146 valence electrons. The van der Waals surface area contributed by atoms with Crippen LogP contribution in [0.1, 0.15) is 35.3 Å². The van der Waals surface area contributed by atoms with E-state index in [1.165, 1.54) is 4.90 Å². The number of amides is 2. The van der Waals surface area contributed by atoms with Gasteiger partial charge in [-0.15, -0.1) is 0 Å². The predicted octanol–water partition coefficient (Wildman–Crippen LogP) is 3.52. The number of rotatable bonds is 7. The molecule has 0 fully saturated rings. The minimum atomic E-state index is -0.225. The van der Waals surface area contributed by atoms with Gasteiger partial charge in [-0.25, -0.2) is 0 Å². The van der Waals surface area contributed by atoms with E-state index >= 15 is 0 Å². The molecule has 1 heterocycles. The second kappa shape index (κ2) is 8.61. The molecule has 0 radical (unpaired) electrons. The molecule has 2 N–H and O–H groups in total. The zero-order chi connectivity index (χ0) is 20.1. The van der Waals surface area contributed by atoms with Crippen LogP contribution < -0.4 is 10.1 Å². The SMILES string of the molecule is CCC(NC(=O)c1ccc2cc[nH]c2c1)c1ccccc1OCC(=O)N(C)C. The topological polar surface area (TPSA) is 74.4 Å². The van der Waals surface area contributed by atoms with Crippen LogP contribution in [-0.2, 0) is 4.79 Å². The van der Waals surface area contributed by atoms with Gasteiger partial charge in [-0.3, -0.25) is 9.59 Å². The summed E-state index contributed by atoms with van der Waals surface area (Å²) in [7, 11) is 3.38. The molecular weight excluding hydrogens is 354 g/mol. The number of carbonyl (C=O) groups excluding carboxylic acids is 2. The smallest absolute Gasteiger partial charge is 0.259 e. The van der Waals surface area contributed by atoms with Crippen molar-refractivity contribution >= 4 is 22.7 Å². The summed E-state index contributed by atoms with van der Waals surface area (Å²) in [6, 6.07) is 14.8. The maximum absolute atomic E-state index is 12.8. The Bertz CT molecular complexity index is 978. The third kappa shape index (κ3) is 4.34. The van der Waals surface area contributed by atoms with Crippen molar-refractivity contribution in [3.05, 3.63) is 65.9 Å². The average molecular weight is 379 g/mol. The second-order valence-electron chi connectivity index (χ2n) is 6.83. The van der Waals surface area contributed by atoms with Crippen LogP contribution in [0.15, 0.2) is 54.7 Å². The molecule has 1 atom stereocenters. The summed E-state index contributed by atoms with van der Waals surface area (Å²) in [5.41, 5.74) is 2.37. The van der Waals surface area contributed by atoms with Crippen molar-refractivity contribution < 1.29 is 14.3 Å². The van der Waals surface area contributed by atoms with Crippen LogP contribution in [0.5, 0.6) is 5.75 Å². The fraction of sp³-hybridized carbons (Fsp3) is 0.273. The van der Waals surface area contributed by atoms with E-state index in [9.17, 15) is 9.59 Å². The van der Waals surface area contributed by atoms with Crippen LogP contribution in [0.2, 0.25) is 0 Å². The number of carbonyl (C=O) groups is 2. The molecule has 0 saturated carbocycles. The van der Waals surface area contributed by atoms with E-state index in [-0.39, 0.29) is 24.5 Å². The number of aromatic nitrogens is 1. The standard InChI is InChI=1S/C22H25N3O3/c1-4-18(17-7-5-6-8-20(17)28-14-21(26)25(2)3)24-22(27)16-10-9-15-11-12-23-19(15)13-16/h5-13,18,23H,4,14H2,1-3H3,(H,24,27). The van der Waals surface area contributed by atoms with Gasteiger partial charge in [-0.2, -0.15) is 0 Å². The first-order chi connectivity index (χ1) is 13.5. The molecule has 2 amide bonds. The maximum atomic E-state index is 12.8. The van der Waals surface area contributed by atoms with Gasteiger partial charge < -0.3 is 19.9 Å². The zero-order valence-electron chi connectivity index (χ0n) is 16.4. The number of aromatic amines is 1. The Hall–Kier alpha value is -3.28. The van der Waals surface area contributed by atoms with Gasteiger partial charge in [0.15, 0.2) is 6.61 Å². The van der Waals surface area contributed by atoms with E-state index in [0.717, 1.165) is 16.5 Å². The number of para-hydroxylation sites is 1. The fourth-order valence-corrected chi connectivity index (χ4v) is 3.00. The Morgan fingerprint density at radius 3 is 2.68 bits per heavy atom. The molecule has 0 aliphatic heterocycles. The Kier molecular flexibility index (Phi) is 5.99. The highest BCUT2D eigenvalue weighted by atomic mass is 16.5. The van der Waals surface area contributed by atoms with Gasteiger partial charge in [0, 0.05) is 36.9 Å². The number of ether oxygens (including phenoxy) is 1. The molecule has 1 unspecified atom stereocenters. The van der Waals surface area contributed by atoms with E-state index in [2.05, 4.69) is 10.3 Å². The van der Waals surface area contributed by atoms with E-state index in [1.54, 1.807) is 14.1 Å². The lowest BCUT2D eigenvalue weighted by Gasteiger charge is -2.21. The van der Waals surface area contributed by atoms with Gasteiger partial charge in [-0.05, 0) is 36.1 Å². The molecule has 0 spiro atoms. The highest BCUT2D eigenvalue weighted by Gasteiger charge is 2.19. The number of hydrogen-bond donors (Lipinski definition) is 2. The van der Waals surface area contributed by atoms with Crippen molar-refractivity contribution in [1.29, 1.82) is 0 Å². The highest BCUT2D eigenvalue weighted by molar-refractivity contribution is 5.98. The number of likely N-dealkylation sites (N-methyl/N-ethyl adjacent to an activating group) is 1. The van der Waals surface area contributed by atoms with Crippen molar-refractivity contribution in [2.75, 3.05) is 20.7 Å². The molecule has 1 aromatic heterocycles. The first-order valence-corrected chi connectivity index (χ1v) is 9.29. The third-order valence-corrected chi connectivity index (χ3v) is 4.68. The molecular formula is C22H25N3O3. The molecule has 2 aromatic carbocycles. The van der Waals surface area contributed by atoms with Gasteiger partial charge in [0.05, 0.1) is 6.04 Å². The highest BCUT2D eigenvalue weighted by Crippen LogP contribution is 2.28. The lowest BCUT2D eigenvalue weighted by Crippen LogP contribution is -2.30. The predicted molar refractivity (Wildman–Crippen MR) is 109 cm³/mol. The number of nitrogens with one attached hydrogen (secondary N) is 2. The maximum Gasteiger partial charge on any atom is 0.259 e. The van der Waals surface area contributed by atoms with Gasteiger partial charge in [0.2, 0.25) is 0 Å². The number of hydrogen-bond acceptors (Lipinski definition) is 3. The molecule has 0 aliphatic carbocycles. The second-order valence-corrected chi connectivity index (χ2v) is 6.83. The minimum absolute atomic E-state index is 0.0438. The van der Waals surface area contributed by atoms with Crippen LogP contribution in [0.3, 0.4) is 0 Å². The fourth-order valence-electron chi connectivity index (χ4n) is 3.00. The van der Waals surface area contributed by atoms with Crippen LogP contribution in [-0.4, -0.2) is 42.4 Å². The Labute approximate surface area is 164 Å². The summed E-state index contributed by atoms with van der Waals surface area (Å²) in [5.74, 6) is 0.332. The first-order valence-electron chi connectivity index (χ1n) is 9.29. The summed E-state index contributed by atoms with van der Waals surface area (Å²) in [6.07, 6.45) is 2.54. The quantitative estimate of drug-likeness (QED) is 0.660. The van der Waals surface area contributed by atoms with Crippen molar-refractivity contribution in [3.8, 4) is 5.75 Å². The largest absolute Gasteiger partial charge is 0.483 e. The van der Waals surface area contributed by atoms with E-state index < -0.39 is 0 Å². The van der Waals surface area contributed by atoms with Gasteiger partial charge >= 0.3 is 0 Å². The number of nitrogens with zero attached hydrogens (tertiary/aromatic N) is 1. The Morgan fingerprint density at radius 1 is 1.14 bits per heavy atom. The summed E-state index contributed by atoms with van der Waals surface area (Å²) in [6.45, 7) is 1.96. The minimum Gasteiger partial charge on any atom is -0.483 e. The van der Waals surface area contributed by atoms with Crippen LogP contribution >= 0.6 is 0 Å². The normalized spacial score (nSPS) is 11.8. The monoisotopic (exact) mass is 379 g/mol. The molecule has 6 heteroatoms. The first kappa shape index (κ1) is 19.5. The lowest BCUT2D eigenvalue weighted by molar-refractivity contribution is -0.130. The van der Waals surface area contributed by atoms with Crippen molar-refractivity contribution in [2.24, 2.45) is 0 Å². The number of benzene rings is 2. The van der Waals surface area contributed by atoms with E-state index in [4.69, 9.17) is 4.74 Å². The van der Waals surface area contributed by atoms with E-state index in [1.807, 2.05) is 61.7 Å². The summed E-state index contributed by atoms with van der Waals surface area (Å²) in [4.78, 5) is 29.2. The van der Waals surface area contributed by atoms with Gasteiger partial charge in [-0.1, -0.05) is 31.2 Å². The molecule has 3 rings (SSSR count). The van der Waals surface area contributed by atoms with Gasteiger partial charge in [0.25, 0.3) is 11.8 Å². The lowest BCUT2D eigenvalue weighted by atomic mass is 10.0. The Morgan fingerprint density at radius 2 is 1.93 bits per heavy atom. The third-order valence-electron chi connectivity index (χ3n) is 4.68. The molecule has 0 aliphatic rings. The number of fused-ring (bicyclic) bond motifs is 1.